The molecular weight excluding hydrogens is 276 g/mol. The van der Waals surface area contributed by atoms with Crippen molar-refractivity contribution in [3.8, 4) is 0 Å². The van der Waals surface area contributed by atoms with Gasteiger partial charge >= 0.3 is 0 Å². The van der Waals surface area contributed by atoms with Crippen molar-refractivity contribution in [3.63, 3.8) is 0 Å². The molecule has 3 rings (SSSR count). The van der Waals surface area contributed by atoms with Gasteiger partial charge in [0.15, 0.2) is 0 Å². The first-order valence-electron chi connectivity index (χ1n) is 6.60. The Morgan fingerprint density at radius 2 is 2.05 bits per heavy atom. The molecule has 1 saturated carbocycles. The van der Waals surface area contributed by atoms with E-state index in [0.717, 1.165) is 22.3 Å². The average Bonchev–Trinajstić information content (AvgIpc) is 2.75. The molecule has 1 aromatic carbocycles. The predicted octanol–water partition coefficient (Wildman–Crippen LogP) is 4.14. The van der Waals surface area contributed by atoms with Crippen molar-refractivity contribution in [2.24, 2.45) is 0 Å². The van der Waals surface area contributed by atoms with E-state index in [1.807, 2.05) is 19.1 Å². The number of aromatic nitrogens is 1. The van der Waals surface area contributed by atoms with Crippen LogP contribution in [0.1, 0.15) is 35.0 Å². The lowest BCUT2D eigenvalue weighted by atomic mass is 9.76. The van der Waals surface area contributed by atoms with Crippen LogP contribution in [0.2, 0.25) is 5.02 Å². The molecule has 0 spiro atoms. The molecule has 1 heterocycles. The fourth-order valence-corrected chi connectivity index (χ4v) is 3.27. The highest BCUT2D eigenvalue weighted by atomic mass is 35.5. The van der Waals surface area contributed by atoms with Gasteiger partial charge in [-0.15, -0.1) is 11.3 Å². The van der Waals surface area contributed by atoms with E-state index >= 15 is 0 Å². The largest absolute Gasteiger partial charge is 0.308 e. The van der Waals surface area contributed by atoms with E-state index in [1.54, 1.807) is 11.3 Å². The lowest BCUT2D eigenvalue weighted by molar-refractivity contribution is 0.289. The van der Waals surface area contributed by atoms with Crippen molar-refractivity contribution < 1.29 is 0 Å². The quantitative estimate of drug-likeness (QED) is 0.916. The third-order valence-corrected chi connectivity index (χ3v) is 4.79. The molecule has 0 aliphatic heterocycles. The van der Waals surface area contributed by atoms with Crippen LogP contribution >= 0.6 is 22.9 Å². The molecule has 0 radical (unpaired) electrons. The number of hydrogen-bond donors (Lipinski definition) is 1. The van der Waals surface area contributed by atoms with Crippen LogP contribution in [0.3, 0.4) is 0 Å². The second-order valence-electron chi connectivity index (χ2n) is 5.16. The molecule has 1 aliphatic carbocycles. The van der Waals surface area contributed by atoms with E-state index in [2.05, 4.69) is 27.8 Å². The summed E-state index contributed by atoms with van der Waals surface area (Å²) in [5.41, 5.74) is 2.57. The fourth-order valence-electron chi connectivity index (χ4n) is 2.53. The number of thiazole rings is 1. The number of rotatable bonds is 4. The van der Waals surface area contributed by atoms with Crippen molar-refractivity contribution in [1.82, 2.24) is 10.3 Å². The lowest BCUT2D eigenvalue weighted by Gasteiger charge is -2.36. The third kappa shape index (κ3) is 3.16. The molecular formula is C15H17ClN2S. The molecule has 1 fully saturated rings. The topological polar surface area (TPSA) is 24.9 Å². The first-order valence-corrected chi connectivity index (χ1v) is 7.86. The van der Waals surface area contributed by atoms with Gasteiger partial charge in [-0.3, -0.25) is 0 Å². The highest BCUT2D eigenvalue weighted by Gasteiger charge is 2.29. The molecule has 1 N–H and O–H groups in total. The second-order valence-corrected chi connectivity index (χ2v) is 6.65. The monoisotopic (exact) mass is 292 g/mol. The SMILES string of the molecule is Cc1nc(CNC2CC(c3ccc(Cl)cc3)C2)cs1. The summed E-state index contributed by atoms with van der Waals surface area (Å²) in [5, 5.41) is 7.67. The summed E-state index contributed by atoms with van der Waals surface area (Å²) in [5.74, 6) is 0.687. The molecule has 0 saturated heterocycles. The van der Waals surface area contributed by atoms with E-state index in [1.165, 1.54) is 18.4 Å². The van der Waals surface area contributed by atoms with Crippen LogP contribution in [0, 0.1) is 6.92 Å². The van der Waals surface area contributed by atoms with Crippen LogP contribution in [0.5, 0.6) is 0 Å². The molecule has 4 heteroatoms. The smallest absolute Gasteiger partial charge is 0.0897 e. The van der Waals surface area contributed by atoms with Crippen molar-refractivity contribution in [3.05, 3.63) is 50.9 Å². The summed E-state index contributed by atoms with van der Waals surface area (Å²) in [4.78, 5) is 4.47. The molecule has 1 aromatic heterocycles. The highest BCUT2D eigenvalue weighted by molar-refractivity contribution is 7.09. The van der Waals surface area contributed by atoms with Gasteiger partial charge in [-0.2, -0.15) is 0 Å². The van der Waals surface area contributed by atoms with Crippen LogP contribution in [-0.4, -0.2) is 11.0 Å². The van der Waals surface area contributed by atoms with Gasteiger partial charge in [0.05, 0.1) is 10.7 Å². The molecule has 0 amide bonds. The number of halogens is 1. The van der Waals surface area contributed by atoms with Crippen LogP contribution in [0.25, 0.3) is 0 Å². The Morgan fingerprint density at radius 1 is 1.32 bits per heavy atom. The summed E-state index contributed by atoms with van der Waals surface area (Å²) in [6, 6.07) is 8.88. The molecule has 19 heavy (non-hydrogen) atoms. The van der Waals surface area contributed by atoms with Crippen LogP contribution in [0.4, 0.5) is 0 Å². The maximum atomic E-state index is 5.91. The van der Waals surface area contributed by atoms with Gasteiger partial charge in [0, 0.05) is 23.0 Å². The Kier molecular flexibility index (Phi) is 3.87. The Balaban J connectivity index is 1.46. The standard InChI is InChI=1S/C15H17ClN2S/c1-10-18-15(9-19-10)8-17-14-6-12(7-14)11-2-4-13(16)5-3-11/h2-5,9,12,14,17H,6-8H2,1H3. The van der Waals surface area contributed by atoms with Gasteiger partial charge in [-0.05, 0) is 43.4 Å². The van der Waals surface area contributed by atoms with Gasteiger partial charge in [-0.25, -0.2) is 4.98 Å². The molecule has 0 unspecified atom stereocenters. The highest BCUT2D eigenvalue weighted by Crippen LogP contribution is 2.37. The molecule has 0 atom stereocenters. The number of hydrogen-bond acceptors (Lipinski definition) is 3. The van der Waals surface area contributed by atoms with Gasteiger partial charge in [0.2, 0.25) is 0 Å². The zero-order valence-corrected chi connectivity index (χ0v) is 12.5. The zero-order valence-electron chi connectivity index (χ0n) is 10.9. The Labute approximate surface area is 122 Å². The average molecular weight is 293 g/mol. The first kappa shape index (κ1) is 13.1. The van der Waals surface area contributed by atoms with Gasteiger partial charge in [0.1, 0.15) is 0 Å². The minimum absolute atomic E-state index is 0.627. The molecule has 100 valence electrons. The maximum Gasteiger partial charge on any atom is 0.0897 e. The molecule has 1 aliphatic rings. The van der Waals surface area contributed by atoms with Crippen molar-refractivity contribution in [2.75, 3.05) is 0 Å². The summed E-state index contributed by atoms with van der Waals surface area (Å²) >= 11 is 7.62. The van der Waals surface area contributed by atoms with E-state index < -0.39 is 0 Å². The number of aryl methyl sites for hydroxylation is 1. The zero-order chi connectivity index (χ0) is 13.2. The van der Waals surface area contributed by atoms with Crippen LogP contribution in [0.15, 0.2) is 29.6 Å². The summed E-state index contributed by atoms with van der Waals surface area (Å²) in [7, 11) is 0. The van der Waals surface area contributed by atoms with Crippen molar-refractivity contribution in [2.45, 2.75) is 38.3 Å². The number of benzene rings is 1. The summed E-state index contributed by atoms with van der Waals surface area (Å²) in [6.45, 7) is 2.94. The molecule has 2 aromatic rings. The fraction of sp³-hybridized carbons (Fsp3) is 0.400. The van der Waals surface area contributed by atoms with Crippen molar-refractivity contribution >= 4 is 22.9 Å². The van der Waals surface area contributed by atoms with Crippen LogP contribution in [-0.2, 0) is 6.54 Å². The second kappa shape index (κ2) is 5.61. The number of nitrogens with zero attached hydrogens (tertiary/aromatic N) is 1. The summed E-state index contributed by atoms with van der Waals surface area (Å²) < 4.78 is 0. The van der Waals surface area contributed by atoms with Crippen LogP contribution < -0.4 is 5.32 Å². The maximum absolute atomic E-state index is 5.91. The minimum atomic E-state index is 0.627. The van der Waals surface area contributed by atoms with E-state index in [-0.39, 0.29) is 0 Å². The predicted molar refractivity (Wildman–Crippen MR) is 80.9 cm³/mol. The summed E-state index contributed by atoms with van der Waals surface area (Å²) in [6.07, 6.45) is 2.43. The molecule has 0 bridgehead atoms. The van der Waals surface area contributed by atoms with Gasteiger partial charge < -0.3 is 5.32 Å². The van der Waals surface area contributed by atoms with E-state index in [9.17, 15) is 0 Å². The Hall–Kier alpha value is -0.900. The minimum Gasteiger partial charge on any atom is -0.308 e. The number of nitrogens with one attached hydrogen (secondary N) is 1. The normalized spacial score (nSPS) is 22.2. The van der Waals surface area contributed by atoms with Crippen molar-refractivity contribution in [1.29, 1.82) is 0 Å². The van der Waals surface area contributed by atoms with E-state index in [0.29, 0.717) is 12.0 Å². The Morgan fingerprint density at radius 3 is 2.68 bits per heavy atom. The Bertz CT molecular complexity index is 544. The first-order chi connectivity index (χ1) is 9.20. The van der Waals surface area contributed by atoms with E-state index in [4.69, 9.17) is 11.6 Å². The van der Waals surface area contributed by atoms with Gasteiger partial charge in [0.25, 0.3) is 0 Å². The third-order valence-electron chi connectivity index (χ3n) is 3.72. The lowest BCUT2D eigenvalue weighted by Crippen LogP contribution is -2.39. The van der Waals surface area contributed by atoms with Gasteiger partial charge in [-0.1, -0.05) is 23.7 Å². The molecule has 2 nitrogen and oxygen atoms in total.